The average molecular weight is 291 g/mol. The van der Waals surface area contributed by atoms with E-state index in [-0.39, 0.29) is 0 Å². The molecular weight excluding hydrogens is 273 g/mol. The van der Waals surface area contributed by atoms with Crippen molar-refractivity contribution in [3.05, 3.63) is 28.5 Å². The second-order valence-corrected chi connectivity index (χ2v) is 5.28. The van der Waals surface area contributed by atoms with E-state index in [4.69, 9.17) is 11.6 Å². The largest absolute Gasteiger partial charge is 0.260 e. The normalized spacial score (nSPS) is 12.7. The molecule has 0 aliphatic heterocycles. The van der Waals surface area contributed by atoms with Gasteiger partial charge < -0.3 is 0 Å². The molecule has 84 valence electrons. The van der Waals surface area contributed by atoms with Gasteiger partial charge >= 0.3 is 0 Å². The first-order valence-electron chi connectivity index (χ1n) is 5.47. The van der Waals surface area contributed by atoms with Crippen LogP contribution in [0.25, 0.3) is 0 Å². The minimum atomic E-state index is 0.338. The van der Waals surface area contributed by atoms with Crippen molar-refractivity contribution in [3.63, 3.8) is 0 Å². The van der Waals surface area contributed by atoms with Crippen molar-refractivity contribution in [2.24, 2.45) is 0 Å². The third-order valence-corrected chi connectivity index (χ3v) is 3.25. The Balaban J connectivity index is 2.22. The number of halogens is 2. The van der Waals surface area contributed by atoms with Gasteiger partial charge in [-0.3, -0.25) is 4.98 Å². The Morgan fingerprint density at radius 3 is 2.80 bits per heavy atom. The summed E-state index contributed by atoms with van der Waals surface area (Å²) >= 11 is 9.52. The van der Waals surface area contributed by atoms with Crippen molar-refractivity contribution in [2.75, 3.05) is 0 Å². The molecule has 1 aromatic heterocycles. The van der Waals surface area contributed by atoms with Crippen LogP contribution in [0.5, 0.6) is 0 Å². The molecule has 0 spiro atoms. The fraction of sp³-hybridized carbons (Fsp3) is 0.583. The van der Waals surface area contributed by atoms with Gasteiger partial charge in [-0.15, -0.1) is 11.6 Å². The standard InChI is InChI=1S/C12H17BrClN/c1-2-4-11(14)5-3-6-12-8-7-10(13)9-15-12/h7-9,11H,2-6H2,1H3. The predicted molar refractivity (Wildman–Crippen MR) is 69.4 cm³/mol. The molecule has 1 rings (SSSR count). The van der Waals surface area contributed by atoms with E-state index in [0.29, 0.717) is 5.38 Å². The summed E-state index contributed by atoms with van der Waals surface area (Å²) in [7, 11) is 0. The number of alkyl halides is 1. The average Bonchev–Trinajstić information content (AvgIpc) is 2.21. The quantitative estimate of drug-likeness (QED) is 0.699. The molecule has 0 aromatic carbocycles. The van der Waals surface area contributed by atoms with E-state index >= 15 is 0 Å². The molecule has 0 saturated heterocycles. The number of aromatic nitrogens is 1. The molecule has 0 radical (unpaired) electrons. The van der Waals surface area contributed by atoms with Crippen LogP contribution < -0.4 is 0 Å². The highest BCUT2D eigenvalue weighted by molar-refractivity contribution is 9.10. The topological polar surface area (TPSA) is 12.9 Å². The SMILES string of the molecule is CCCC(Cl)CCCc1ccc(Br)cn1. The number of hydrogen-bond acceptors (Lipinski definition) is 1. The maximum absolute atomic E-state index is 6.14. The molecule has 15 heavy (non-hydrogen) atoms. The van der Waals surface area contributed by atoms with E-state index < -0.39 is 0 Å². The van der Waals surface area contributed by atoms with Crippen LogP contribution in [0.1, 0.15) is 38.3 Å². The molecule has 0 N–H and O–H groups in total. The lowest BCUT2D eigenvalue weighted by Crippen LogP contribution is -1.99. The van der Waals surface area contributed by atoms with Crippen LogP contribution in [0.3, 0.4) is 0 Å². The van der Waals surface area contributed by atoms with Crippen molar-refractivity contribution in [2.45, 2.75) is 44.4 Å². The van der Waals surface area contributed by atoms with Gasteiger partial charge in [0.1, 0.15) is 0 Å². The first-order valence-corrected chi connectivity index (χ1v) is 6.69. The third kappa shape index (κ3) is 5.53. The zero-order valence-electron chi connectivity index (χ0n) is 9.05. The van der Waals surface area contributed by atoms with Crippen molar-refractivity contribution in [1.29, 1.82) is 0 Å². The summed E-state index contributed by atoms with van der Waals surface area (Å²) in [6.45, 7) is 2.17. The van der Waals surface area contributed by atoms with E-state index in [1.807, 2.05) is 12.3 Å². The number of pyridine rings is 1. The summed E-state index contributed by atoms with van der Waals surface area (Å²) in [5.74, 6) is 0. The maximum Gasteiger partial charge on any atom is 0.0413 e. The van der Waals surface area contributed by atoms with Gasteiger partial charge in [0, 0.05) is 21.7 Å². The lowest BCUT2D eigenvalue weighted by Gasteiger charge is -2.06. The second-order valence-electron chi connectivity index (χ2n) is 3.75. The van der Waals surface area contributed by atoms with E-state index in [0.717, 1.165) is 35.8 Å². The lowest BCUT2D eigenvalue weighted by molar-refractivity contribution is 0.636. The summed E-state index contributed by atoms with van der Waals surface area (Å²) in [6, 6.07) is 4.10. The fourth-order valence-corrected chi connectivity index (χ4v) is 2.12. The van der Waals surface area contributed by atoms with Gasteiger partial charge in [-0.25, -0.2) is 0 Å². The molecule has 1 nitrogen and oxygen atoms in total. The van der Waals surface area contributed by atoms with E-state index in [9.17, 15) is 0 Å². The lowest BCUT2D eigenvalue weighted by atomic mass is 10.1. The Kier molecular flexibility index (Phi) is 6.26. The zero-order valence-corrected chi connectivity index (χ0v) is 11.4. The molecule has 1 aromatic rings. The van der Waals surface area contributed by atoms with Crippen LogP contribution in [0, 0.1) is 0 Å². The molecule has 0 aliphatic rings. The Bertz CT molecular complexity index is 273. The molecular formula is C12H17BrClN. The molecule has 1 heterocycles. The molecule has 0 amide bonds. The molecule has 1 atom stereocenters. The molecule has 3 heteroatoms. The van der Waals surface area contributed by atoms with E-state index in [2.05, 4.69) is 33.9 Å². The molecule has 0 aliphatic carbocycles. The minimum absolute atomic E-state index is 0.338. The van der Waals surface area contributed by atoms with Crippen LogP contribution in [0.2, 0.25) is 0 Å². The zero-order chi connectivity index (χ0) is 11.1. The highest BCUT2D eigenvalue weighted by Gasteiger charge is 2.03. The van der Waals surface area contributed by atoms with E-state index in [1.165, 1.54) is 6.42 Å². The van der Waals surface area contributed by atoms with Crippen molar-refractivity contribution >= 4 is 27.5 Å². The van der Waals surface area contributed by atoms with Gasteiger partial charge in [-0.1, -0.05) is 13.3 Å². The van der Waals surface area contributed by atoms with Gasteiger partial charge in [-0.2, -0.15) is 0 Å². The van der Waals surface area contributed by atoms with Crippen LogP contribution >= 0.6 is 27.5 Å². The molecule has 0 fully saturated rings. The molecule has 0 saturated carbocycles. The summed E-state index contributed by atoms with van der Waals surface area (Å²) in [6.07, 6.45) is 7.38. The minimum Gasteiger partial charge on any atom is -0.260 e. The Hall–Kier alpha value is -0.0800. The Morgan fingerprint density at radius 1 is 1.40 bits per heavy atom. The van der Waals surface area contributed by atoms with E-state index in [1.54, 1.807) is 0 Å². The second kappa shape index (κ2) is 7.24. The van der Waals surface area contributed by atoms with Gasteiger partial charge in [-0.05, 0) is 53.7 Å². The smallest absolute Gasteiger partial charge is 0.0413 e. The first-order chi connectivity index (χ1) is 7.22. The predicted octanol–water partition coefficient (Wildman–Crippen LogP) is 4.57. The third-order valence-electron chi connectivity index (χ3n) is 2.34. The van der Waals surface area contributed by atoms with Crippen LogP contribution in [0.4, 0.5) is 0 Å². The van der Waals surface area contributed by atoms with Gasteiger partial charge in [0.2, 0.25) is 0 Å². The highest BCUT2D eigenvalue weighted by Crippen LogP contribution is 2.14. The number of aryl methyl sites for hydroxylation is 1. The number of rotatable bonds is 6. The number of hydrogen-bond donors (Lipinski definition) is 0. The Morgan fingerprint density at radius 2 is 2.20 bits per heavy atom. The summed E-state index contributed by atoms with van der Waals surface area (Å²) in [5, 5.41) is 0.338. The number of nitrogens with zero attached hydrogens (tertiary/aromatic N) is 1. The van der Waals surface area contributed by atoms with Gasteiger partial charge in [0.05, 0.1) is 0 Å². The van der Waals surface area contributed by atoms with Gasteiger partial charge in [0.25, 0.3) is 0 Å². The Labute approximate surface area is 105 Å². The van der Waals surface area contributed by atoms with Crippen LogP contribution in [-0.2, 0) is 6.42 Å². The molecule has 0 bridgehead atoms. The first kappa shape index (κ1) is 13.0. The summed E-state index contributed by atoms with van der Waals surface area (Å²) in [5.41, 5.74) is 1.15. The summed E-state index contributed by atoms with van der Waals surface area (Å²) in [4.78, 5) is 4.33. The summed E-state index contributed by atoms with van der Waals surface area (Å²) < 4.78 is 1.03. The fourth-order valence-electron chi connectivity index (χ4n) is 1.52. The van der Waals surface area contributed by atoms with Crippen molar-refractivity contribution in [3.8, 4) is 0 Å². The van der Waals surface area contributed by atoms with Crippen molar-refractivity contribution < 1.29 is 0 Å². The molecule has 1 unspecified atom stereocenters. The monoisotopic (exact) mass is 289 g/mol. The maximum atomic E-state index is 6.14. The van der Waals surface area contributed by atoms with Gasteiger partial charge in [0.15, 0.2) is 0 Å². The van der Waals surface area contributed by atoms with Crippen LogP contribution in [-0.4, -0.2) is 10.4 Å². The van der Waals surface area contributed by atoms with Crippen LogP contribution in [0.15, 0.2) is 22.8 Å². The van der Waals surface area contributed by atoms with Crippen molar-refractivity contribution in [1.82, 2.24) is 4.98 Å². The highest BCUT2D eigenvalue weighted by atomic mass is 79.9.